The Labute approximate surface area is 201 Å². The van der Waals surface area contributed by atoms with Crippen LogP contribution in [0.5, 0.6) is 0 Å². The van der Waals surface area contributed by atoms with E-state index in [0.717, 1.165) is 21.7 Å². The number of nitrogens with one attached hydrogen (secondary N) is 1. The molecule has 1 atom stereocenters. The highest BCUT2D eigenvalue weighted by atomic mass is 35.5. The third kappa shape index (κ3) is 7.20. The van der Waals surface area contributed by atoms with Crippen LogP contribution in [0.25, 0.3) is 0 Å². The van der Waals surface area contributed by atoms with Crippen molar-refractivity contribution in [1.29, 1.82) is 0 Å². The molecular formula is C24H32ClN3O4S. The van der Waals surface area contributed by atoms with Crippen LogP contribution in [-0.2, 0) is 26.2 Å². The Bertz CT molecular complexity index is 1120. The molecule has 2 aromatic rings. The summed E-state index contributed by atoms with van der Waals surface area (Å²) in [6.45, 7) is 8.61. The van der Waals surface area contributed by atoms with Crippen LogP contribution in [0.3, 0.4) is 0 Å². The summed E-state index contributed by atoms with van der Waals surface area (Å²) in [6.07, 6.45) is 1.06. The largest absolute Gasteiger partial charge is 0.352 e. The predicted octanol–water partition coefficient (Wildman–Crippen LogP) is 3.66. The molecule has 2 amide bonds. The Morgan fingerprint density at radius 2 is 1.70 bits per heavy atom. The maximum atomic E-state index is 13.5. The molecule has 33 heavy (non-hydrogen) atoms. The summed E-state index contributed by atoms with van der Waals surface area (Å²) in [4.78, 5) is 27.6. The Morgan fingerprint density at radius 1 is 1.06 bits per heavy atom. The van der Waals surface area contributed by atoms with E-state index in [2.05, 4.69) is 5.32 Å². The summed E-state index contributed by atoms with van der Waals surface area (Å²) in [5.41, 5.74) is 2.80. The standard InChI is InChI=1S/C24H32ClN3O4S/c1-16(2)26-24(30)19(5)27(14-20-9-7-8-10-21(20)25)23(29)15-28(33(6,31)32)22-12-11-17(3)13-18(22)4/h7-13,16,19H,14-15H2,1-6H3,(H,26,30)/t19-/m0/s1. The molecule has 0 unspecified atom stereocenters. The molecule has 7 nitrogen and oxygen atoms in total. The minimum atomic E-state index is -3.77. The zero-order chi connectivity index (χ0) is 24.9. The summed E-state index contributed by atoms with van der Waals surface area (Å²) in [5, 5.41) is 3.27. The van der Waals surface area contributed by atoms with Crippen LogP contribution in [0.15, 0.2) is 42.5 Å². The zero-order valence-corrected chi connectivity index (χ0v) is 21.5. The van der Waals surface area contributed by atoms with E-state index in [4.69, 9.17) is 11.6 Å². The van der Waals surface area contributed by atoms with E-state index in [-0.39, 0.29) is 18.5 Å². The highest BCUT2D eigenvalue weighted by molar-refractivity contribution is 7.92. The van der Waals surface area contributed by atoms with Crippen LogP contribution in [0.2, 0.25) is 5.02 Å². The predicted molar refractivity (Wildman–Crippen MR) is 133 cm³/mol. The lowest BCUT2D eigenvalue weighted by Gasteiger charge is -2.32. The number of hydrogen-bond acceptors (Lipinski definition) is 4. The highest BCUT2D eigenvalue weighted by Gasteiger charge is 2.31. The average Bonchev–Trinajstić information content (AvgIpc) is 2.70. The van der Waals surface area contributed by atoms with Gasteiger partial charge in [-0.1, -0.05) is 47.5 Å². The number of hydrogen-bond donors (Lipinski definition) is 1. The first-order valence-electron chi connectivity index (χ1n) is 10.7. The Hall–Kier alpha value is -2.58. The van der Waals surface area contributed by atoms with Gasteiger partial charge in [0.05, 0.1) is 11.9 Å². The van der Waals surface area contributed by atoms with Crippen molar-refractivity contribution in [1.82, 2.24) is 10.2 Å². The maximum Gasteiger partial charge on any atom is 0.244 e. The van der Waals surface area contributed by atoms with E-state index < -0.39 is 28.5 Å². The quantitative estimate of drug-likeness (QED) is 0.577. The van der Waals surface area contributed by atoms with E-state index >= 15 is 0 Å². The van der Waals surface area contributed by atoms with Gasteiger partial charge in [-0.15, -0.1) is 0 Å². The fraction of sp³-hybridized carbons (Fsp3) is 0.417. The van der Waals surface area contributed by atoms with E-state index in [1.807, 2.05) is 26.8 Å². The number of rotatable bonds is 9. The molecule has 0 spiro atoms. The summed E-state index contributed by atoms with van der Waals surface area (Å²) in [7, 11) is -3.77. The van der Waals surface area contributed by atoms with Gasteiger partial charge in [0.1, 0.15) is 12.6 Å². The Morgan fingerprint density at radius 3 is 2.24 bits per heavy atom. The normalized spacial score (nSPS) is 12.4. The van der Waals surface area contributed by atoms with Gasteiger partial charge in [0, 0.05) is 17.6 Å². The molecular weight excluding hydrogens is 462 g/mol. The number of carbonyl (C=O) groups is 2. The van der Waals surface area contributed by atoms with E-state index in [9.17, 15) is 18.0 Å². The van der Waals surface area contributed by atoms with Gasteiger partial charge in [-0.2, -0.15) is 0 Å². The van der Waals surface area contributed by atoms with E-state index in [1.54, 1.807) is 50.2 Å². The SMILES string of the molecule is Cc1ccc(N(CC(=O)N(Cc2ccccc2Cl)[C@@H](C)C(=O)NC(C)C)S(C)(=O)=O)c(C)c1. The van der Waals surface area contributed by atoms with Crippen molar-refractivity contribution in [2.75, 3.05) is 17.1 Å². The first kappa shape index (κ1) is 26.7. The summed E-state index contributed by atoms with van der Waals surface area (Å²) in [6, 6.07) is 11.4. The fourth-order valence-electron chi connectivity index (χ4n) is 3.48. The summed E-state index contributed by atoms with van der Waals surface area (Å²) in [5.74, 6) is -0.838. The van der Waals surface area contributed by atoms with Crippen molar-refractivity contribution in [2.24, 2.45) is 0 Å². The summed E-state index contributed by atoms with van der Waals surface area (Å²) >= 11 is 6.31. The number of amides is 2. The van der Waals surface area contributed by atoms with E-state index in [1.165, 1.54) is 4.90 Å². The van der Waals surface area contributed by atoms with Crippen molar-refractivity contribution in [3.8, 4) is 0 Å². The smallest absolute Gasteiger partial charge is 0.244 e. The number of aryl methyl sites for hydroxylation is 2. The van der Waals surface area contributed by atoms with Gasteiger partial charge >= 0.3 is 0 Å². The van der Waals surface area contributed by atoms with Crippen molar-refractivity contribution < 1.29 is 18.0 Å². The van der Waals surface area contributed by atoms with Crippen molar-refractivity contribution >= 4 is 39.1 Å². The lowest BCUT2D eigenvalue weighted by atomic mass is 10.1. The molecule has 0 aliphatic rings. The fourth-order valence-corrected chi connectivity index (χ4v) is 4.58. The number of halogens is 1. The number of anilines is 1. The minimum absolute atomic E-state index is 0.0651. The van der Waals surface area contributed by atoms with Crippen LogP contribution in [0, 0.1) is 13.8 Å². The Kier molecular flexibility index (Phi) is 8.91. The molecule has 0 aliphatic heterocycles. The third-order valence-electron chi connectivity index (χ3n) is 5.20. The molecule has 0 aromatic heterocycles. The number of benzene rings is 2. The number of sulfonamides is 1. The van der Waals surface area contributed by atoms with Crippen molar-refractivity contribution in [3.05, 3.63) is 64.2 Å². The monoisotopic (exact) mass is 493 g/mol. The topological polar surface area (TPSA) is 86.8 Å². The zero-order valence-electron chi connectivity index (χ0n) is 19.9. The maximum absolute atomic E-state index is 13.5. The molecule has 2 rings (SSSR count). The molecule has 0 saturated heterocycles. The van der Waals surface area contributed by atoms with Gasteiger partial charge in [-0.3, -0.25) is 13.9 Å². The highest BCUT2D eigenvalue weighted by Crippen LogP contribution is 2.25. The molecule has 0 saturated carbocycles. The van der Waals surface area contributed by atoms with Gasteiger partial charge in [0.2, 0.25) is 21.8 Å². The first-order chi connectivity index (χ1) is 15.3. The first-order valence-corrected chi connectivity index (χ1v) is 12.9. The van der Waals surface area contributed by atoms with Gasteiger partial charge < -0.3 is 10.2 Å². The second-order valence-electron chi connectivity index (χ2n) is 8.51. The second kappa shape index (κ2) is 11.0. The molecule has 9 heteroatoms. The lowest BCUT2D eigenvalue weighted by Crippen LogP contribution is -2.52. The van der Waals surface area contributed by atoms with Gasteiger partial charge in [0.15, 0.2) is 0 Å². The molecule has 2 aromatic carbocycles. The molecule has 0 fully saturated rings. The minimum Gasteiger partial charge on any atom is -0.352 e. The van der Waals surface area contributed by atoms with Crippen molar-refractivity contribution in [3.63, 3.8) is 0 Å². The average molecular weight is 494 g/mol. The molecule has 0 heterocycles. The number of nitrogens with zero attached hydrogens (tertiary/aromatic N) is 2. The third-order valence-corrected chi connectivity index (χ3v) is 6.69. The van der Waals surface area contributed by atoms with Crippen LogP contribution in [0.1, 0.15) is 37.5 Å². The molecule has 0 bridgehead atoms. The number of carbonyl (C=O) groups excluding carboxylic acids is 2. The summed E-state index contributed by atoms with van der Waals surface area (Å²) < 4.78 is 26.4. The van der Waals surface area contributed by atoms with Gasteiger partial charge in [-0.05, 0) is 57.9 Å². The van der Waals surface area contributed by atoms with E-state index in [0.29, 0.717) is 16.3 Å². The lowest BCUT2D eigenvalue weighted by molar-refractivity contribution is -0.139. The van der Waals surface area contributed by atoms with Crippen LogP contribution in [0.4, 0.5) is 5.69 Å². The van der Waals surface area contributed by atoms with Crippen LogP contribution in [-0.4, -0.2) is 50.0 Å². The van der Waals surface area contributed by atoms with Crippen molar-refractivity contribution in [2.45, 2.75) is 53.2 Å². The van der Waals surface area contributed by atoms with Crippen LogP contribution >= 0.6 is 11.6 Å². The van der Waals surface area contributed by atoms with Gasteiger partial charge in [-0.25, -0.2) is 8.42 Å². The van der Waals surface area contributed by atoms with Gasteiger partial charge in [0.25, 0.3) is 0 Å². The second-order valence-corrected chi connectivity index (χ2v) is 10.8. The molecule has 180 valence electrons. The van der Waals surface area contributed by atoms with Crippen LogP contribution < -0.4 is 9.62 Å². The Balaban J connectivity index is 2.44. The molecule has 0 aliphatic carbocycles. The molecule has 0 radical (unpaired) electrons. The molecule has 1 N–H and O–H groups in total.